The molecule has 0 fully saturated rings. The summed E-state index contributed by atoms with van der Waals surface area (Å²) in [6.45, 7) is 4.39. The van der Waals surface area contributed by atoms with Crippen molar-refractivity contribution in [3.8, 4) is 0 Å². The van der Waals surface area contributed by atoms with E-state index in [-0.39, 0.29) is 0 Å². The van der Waals surface area contributed by atoms with E-state index in [1.807, 2.05) is 0 Å². The summed E-state index contributed by atoms with van der Waals surface area (Å²) >= 11 is 0. The van der Waals surface area contributed by atoms with Gasteiger partial charge in [0.15, 0.2) is 0 Å². The molecule has 0 bridgehead atoms. The number of rotatable bonds is 5. The monoisotopic (exact) mass is 381 g/mol. The van der Waals surface area contributed by atoms with E-state index in [9.17, 15) is 0 Å². The fraction of sp³-hybridized carbons (Fsp3) is 0.0769. The second-order valence-corrected chi connectivity index (χ2v) is 9.16. The number of aryl methyl sites for hydroxylation is 2. The molecular formula is C26H24NP. The van der Waals surface area contributed by atoms with Crippen LogP contribution in [0.2, 0.25) is 0 Å². The van der Waals surface area contributed by atoms with Gasteiger partial charge in [0.25, 0.3) is 0 Å². The van der Waals surface area contributed by atoms with Crippen LogP contribution in [0.4, 0.5) is 11.4 Å². The van der Waals surface area contributed by atoms with Gasteiger partial charge < -0.3 is 5.32 Å². The lowest BCUT2D eigenvalue weighted by Gasteiger charge is -2.25. The standard InChI is InChI=1S/C26H24NP/c1-20-18-21(2)26(27-22-12-6-3-7-13-22)25(19-20)28(23-14-8-4-9-15-23)24-16-10-5-11-17-24/h3-19,27H,1-2H3. The van der Waals surface area contributed by atoms with E-state index in [0.29, 0.717) is 0 Å². The van der Waals surface area contributed by atoms with Gasteiger partial charge in [-0.05, 0) is 56.1 Å². The second-order valence-electron chi connectivity index (χ2n) is 6.97. The summed E-state index contributed by atoms with van der Waals surface area (Å²) in [5.74, 6) is 0. The summed E-state index contributed by atoms with van der Waals surface area (Å²) in [5, 5.41) is 7.80. The maximum atomic E-state index is 3.70. The maximum absolute atomic E-state index is 3.70. The lowest BCUT2D eigenvalue weighted by atomic mass is 10.1. The highest BCUT2D eigenvalue weighted by molar-refractivity contribution is 7.80. The van der Waals surface area contributed by atoms with Crippen molar-refractivity contribution in [2.24, 2.45) is 0 Å². The van der Waals surface area contributed by atoms with Gasteiger partial charge in [-0.2, -0.15) is 0 Å². The molecule has 1 nitrogen and oxygen atoms in total. The molecule has 0 unspecified atom stereocenters. The molecule has 0 saturated heterocycles. The minimum Gasteiger partial charge on any atom is -0.355 e. The lowest BCUT2D eigenvalue weighted by Crippen LogP contribution is -2.23. The molecule has 0 amide bonds. The molecule has 0 aliphatic carbocycles. The van der Waals surface area contributed by atoms with Crippen LogP contribution in [0.3, 0.4) is 0 Å². The topological polar surface area (TPSA) is 12.0 Å². The molecule has 0 aromatic heterocycles. The van der Waals surface area contributed by atoms with E-state index in [1.54, 1.807) is 0 Å². The van der Waals surface area contributed by atoms with E-state index in [0.717, 1.165) is 5.69 Å². The Balaban J connectivity index is 1.91. The molecule has 0 atom stereocenters. The summed E-state index contributed by atoms with van der Waals surface area (Å²) in [6.07, 6.45) is 0. The molecule has 0 heterocycles. The third-order valence-electron chi connectivity index (χ3n) is 4.77. The molecule has 1 N–H and O–H groups in total. The Bertz CT molecular complexity index is 1000. The zero-order chi connectivity index (χ0) is 19.3. The molecule has 4 aromatic rings. The third-order valence-corrected chi connectivity index (χ3v) is 7.24. The van der Waals surface area contributed by atoms with Gasteiger partial charge in [0, 0.05) is 16.7 Å². The van der Waals surface area contributed by atoms with Crippen LogP contribution in [-0.2, 0) is 0 Å². The molecule has 0 aliphatic rings. The van der Waals surface area contributed by atoms with Gasteiger partial charge in [0.05, 0.1) is 0 Å². The van der Waals surface area contributed by atoms with Gasteiger partial charge in [-0.1, -0.05) is 90.5 Å². The van der Waals surface area contributed by atoms with Gasteiger partial charge >= 0.3 is 0 Å². The Morgan fingerprint density at radius 2 is 1.11 bits per heavy atom. The number of benzene rings is 4. The molecule has 138 valence electrons. The first-order valence-electron chi connectivity index (χ1n) is 9.56. The van der Waals surface area contributed by atoms with Gasteiger partial charge in [0.2, 0.25) is 0 Å². The average molecular weight is 381 g/mol. The SMILES string of the molecule is Cc1cc(C)c(Nc2ccccc2)c(P(c2ccccc2)c2ccccc2)c1. The Hall–Kier alpha value is -2.89. The number of anilines is 2. The largest absolute Gasteiger partial charge is 0.355 e. The number of hydrogen-bond donors (Lipinski definition) is 1. The van der Waals surface area contributed by atoms with Crippen LogP contribution in [0.25, 0.3) is 0 Å². The van der Waals surface area contributed by atoms with E-state index in [1.165, 1.54) is 32.7 Å². The second kappa shape index (κ2) is 8.42. The molecule has 2 heteroatoms. The van der Waals surface area contributed by atoms with Crippen molar-refractivity contribution in [3.05, 3.63) is 114 Å². The van der Waals surface area contributed by atoms with Crippen LogP contribution in [-0.4, -0.2) is 0 Å². The van der Waals surface area contributed by atoms with Crippen LogP contribution in [0, 0.1) is 13.8 Å². The van der Waals surface area contributed by atoms with Crippen molar-refractivity contribution in [1.29, 1.82) is 0 Å². The highest BCUT2D eigenvalue weighted by atomic mass is 31.1. The van der Waals surface area contributed by atoms with Crippen LogP contribution < -0.4 is 21.2 Å². The molecule has 0 aliphatic heterocycles. The van der Waals surface area contributed by atoms with Crippen LogP contribution in [0.1, 0.15) is 11.1 Å². The smallest absolute Gasteiger partial charge is 0.0498 e. The summed E-state index contributed by atoms with van der Waals surface area (Å²) in [6, 6.07) is 36.8. The van der Waals surface area contributed by atoms with Crippen molar-refractivity contribution in [2.75, 3.05) is 5.32 Å². The summed E-state index contributed by atoms with van der Waals surface area (Å²) in [7, 11) is -0.658. The van der Waals surface area contributed by atoms with Crippen molar-refractivity contribution in [3.63, 3.8) is 0 Å². The maximum Gasteiger partial charge on any atom is 0.0498 e. The Labute approximate surface area is 168 Å². The van der Waals surface area contributed by atoms with E-state index in [2.05, 4.69) is 122 Å². The van der Waals surface area contributed by atoms with Gasteiger partial charge in [-0.3, -0.25) is 0 Å². The van der Waals surface area contributed by atoms with Crippen LogP contribution in [0.15, 0.2) is 103 Å². The normalized spacial score (nSPS) is 10.8. The predicted molar refractivity (Wildman–Crippen MR) is 124 cm³/mol. The molecule has 0 saturated carbocycles. The molecule has 4 rings (SSSR count). The minimum absolute atomic E-state index is 0.658. The number of nitrogens with one attached hydrogen (secondary N) is 1. The summed E-state index contributed by atoms with van der Waals surface area (Å²) < 4.78 is 0. The van der Waals surface area contributed by atoms with Crippen LogP contribution in [0.5, 0.6) is 0 Å². The fourth-order valence-corrected chi connectivity index (χ4v) is 6.11. The zero-order valence-electron chi connectivity index (χ0n) is 16.3. The Kier molecular flexibility index (Phi) is 5.55. The Morgan fingerprint density at radius 3 is 1.64 bits per heavy atom. The van der Waals surface area contributed by atoms with Crippen molar-refractivity contribution >= 4 is 35.2 Å². The molecule has 28 heavy (non-hydrogen) atoms. The lowest BCUT2D eigenvalue weighted by molar-refractivity contribution is 1.39. The van der Waals surface area contributed by atoms with E-state index in [4.69, 9.17) is 0 Å². The van der Waals surface area contributed by atoms with Crippen molar-refractivity contribution in [2.45, 2.75) is 13.8 Å². The van der Waals surface area contributed by atoms with Gasteiger partial charge in [0.1, 0.15) is 0 Å². The molecule has 4 aromatic carbocycles. The van der Waals surface area contributed by atoms with Gasteiger partial charge in [-0.15, -0.1) is 0 Å². The van der Waals surface area contributed by atoms with Crippen molar-refractivity contribution < 1.29 is 0 Å². The summed E-state index contributed by atoms with van der Waals surface area (Å²) in [5.41, 5.74) is 4.91. The number of para-hydroxylation sites is 1. The molecule has 0 spiro atoms. The van der Waals surface area contributed by atoms with Crippen LogP contribution >= 0.6 is 7.92 Å². The van der Waals surface area contributed by atoms with E-state index >= 15 is 0 Å². The third kappa shape index (κ3) is 4.01. The first-order chi connectivity index (χ1) is 13.7. The fourth-order valence-electron chi connectivity index (χ4n) is 3.53. The molecular weight excluding hydrogens is 357 g/mol. The van der Waals surface area contributed by atoms with Crippen molar-refractivity contribution in [1.82, 2.24) is 0 Å². The quantitative estimate of drug-likeness (QED) is 0.431. The molecule has 0 radical (unpaired) electrons. The van der Waals surface area contributed by atoms with E-state index < -0.39 is 7.92 Å². The number of hydrogen-bond acceptors (Lipinski definition) is 1. The highest BCUT2D eigenvalue weighted by Gasteiger charge is 2.21. The first-order valence-corrected chi connectivity index (χ1v) is 10.9. The predicted octanol–water partition coefficient (Wildman–Crippen LogP) is 5.81. The first kappa shape index (κ1) is 18.5. The zero-order valence-corrected chi connectivity index (χ0v) is 17.2. The minimum atomic E-state index is -0.658. The van der Waals surface area contributed by atoms with Gasteiger partial charge in [-0.25, -0.2) is 0 Å². The summed E-state index contributed by atoms with van der Waals surface area (Å²) in [4.78, 5) is 0. The average Bonchev–Trinajstić information content (AvgIpc) is 2.73. The highest BCUT2D eigenvalue weighted by Crippen LogP contribution is 2.38. The Morgan fingerprint density at radius 1 is 0.607 bits per heavy atom.